The zero-order chi connectivity index (χ0) is 12.3. The van der Waals surface area contributed by atoms with Crippen molar-refractivity contribution in [1.82, 2.24) is 9.97 Å². The van der Waals surface area contributed by atoms with Crippen LogP contribution in [0, 0.1) is 6.92 Å². The van der Waals surface area contributed by atoms with Gasteiger partial charge in [0.25, 0.3) is 5.78 Å². The molecule has 7 heteroatoms. The molecule has 0 bridgehead atoms. The maximum atomic E-state index is 11.9. The Morgan fingerprint density at radius 3 is 2.62 bits per heavy atom. The maximum absolute atomic E-state index is 11.9. The molecule has 0 saturated heterocycles. The van der Waals surface area contributed by atoms with Gasteiger partial charge in [0.1, 0.15) is 17.3 Å². The van der Waals surface area contributed by atoms with Gasteiger partial charge in [0.05, 0.1) is 0 Å². The monoisotopic (exact) mass is 232 g/mol. The highest BCUT2D eigenvalue weighted by atomic mass is 19.4. The van der Waals surface area contributed by atoms with E-state index in [0.717, 1.165) is 0 Å². The van der Waals surface area contributed by atoms with Crippen molar-refractivity contribution < 1.29 is 23.1 Å². The lowest BCUT2D eigenvalue weighted by atomic mass is 10.2. The maximum Gasteiger partial charge on any atom is 0.454 e. The molecule has 0 fully saturated rings. The van der Waals surface area contributed by atoms with E-state index in [1.165, 1.54) is 19.2 Å². The molecule has 0 unspecified atom stereocenters. The Kier molecular flexibility index (Phi) is 3.26. The Morgan fingerprint density at radius 2 is 2.12 bits per heavy atom. The van der Waals surface area contributed by atoms with Crippen LogP contribution in [0.25, 0.3) is 5.76 Å². The van der Waals surface area contributed by atoms with Crippen molar-refractivity contribution in [3.63, 3.8) is 0 Å². The van der Waals surface area contributed by atoms with E-state index >= 15 is 0 Å². The SMILES string of the molecule is Cc1nccc(C(O)=CC(=O)C(F)(F)F)n1. The molecule has 1 rings (SSSR count). The van der Waals surface area contributed by atoms with Crippen molar-refractivity contribution in [2.45, 2.75) is 13.1 Å². The van der Waals surface area contributed by atoms with Crippen LogP contribution in [0.2, 0.25) is 0 Å². The second-order valence-corrected chi connectivity index (χ2v) is 2.88. The summed E-state index contributed by atoms with van der Waals surface area (Å²) in [5.41, 5.74) is -0.134. The van der Waals surface area contributed by atoms with Gasteiger partial charge in [-0.25, -0.2) is 9.97 Å². The quantitative estimate of drug-likeness (QED) is 0.624. The zero-order valence-electron chi connectivity index (χ0n) is 8.12. The smallest absolute Gasteiger partial charge is 0.454 e. The number of hydrogen-bond acceptors (Lipinski definition) is 4. The summed E-state index contributed by atoms with van der Waals surface area (Å²) in [6.45, 7) is 1.50. The Hall–Kier alpha value is -1.92. The first kappa shape index (κ1) is 12.2. The zero-order valence-corrected chi connectivity index (χ0v) is 8.12. The second kappa shape index (κ2) is 4.30. The summed E-state index contributed by atoms with van der Waals surface area (Å²) in [6.07, 6.45) is -3.66. The first-order valence-electron chi connectivity index (χ1n) is 4.12. The van der Waals surface area contributed by atoms with E-state index in [9.17, 15) is 23.1 Å². The molecule has 1 aromatic heterocycles. The number of carbonyl (C=O) groups is 1. The minimum Gasteiger partial charge on any atom is -0.506 e. The van der Waals surface area contributed by atoms with Crippen LogP contribution in [-0.2, 0) is 4.79 Å². The van der Waals surface area contributed by atoms with E-state index in [-0.39, 0.29) is 17.6 Å². The number of hydrogen-bond donors (Lipinski definition) is 1. The summed E-state index contributed by atoms with van der Waals surface area (Å²) in [6, 6.07) is 1.20. The van der Waals surface area contributed by atoms with Crippen molar-refractivity contribution in [3.8, 4) is 0 Å². The van der Waals surface area contributed by atoms with Crippen LogP contribution in [0.4, 0.5) is 13.2 Å². The number of aliphatic hydroxyl groups is 1. The molecule has 0 radical (unpaired) electrons. The molecule has 1 N–H and O–H groups in total. The molecule has 0 aromatic carbocycles. The lowest BCUT2D eigenvalue weighted by Gasteiger charge is -2.02. The predicted molar refractivity (Wildman–Crippen MR) is 48.4 cm³/mol. The molecule has 4 nitrogen and oxygen atoms in total. The minimum absolute atomic E-state index is 0.0851. The largest absolute Gasteiger partial charge is 0.506 e. The Morgan fingerprint density at radius 1 is 1.50 bits per heavy atom. The molecule has 0 saturated carbocycles. The van der Waals surface area contributed by atoms with E-state index in [1.54, 1.807) is 0 Å². The summed E-state index contributed by atoms with van der Waals surface area (Å²) in [7, 11) is 0. The molecular formula is C9H7F3N2O2. The van der Waals surface area contributed by atoms with Gasteiger partial charge in [-0.1, -0.05) is 0 Å². The van der Waals surface area contributed by atoms with E-state index in [1.807, 2.05) is 0 Å². The fraction of sp³-hybridized carbons (Fsp3) is 0.222. The van der Waals surface area contributed by atoms with E-state index < -0.39 is 17.7 Å². The van der Waals surface area contributed by atoms with Crippen molar-refractivity contribution in [2.24, 2.45) is 0 Å². The summed E-state index contributed by atoms with van der Waals surface area (Å²) in [5.74, 6) is -2.70. The highest BCUT2D eigenvalue weighted by molar-refractivity contribution is 5.98. The number of aromatic nitrogens is 2. The summed E-state index contributed by atoms with van der Waals surface area (Å²) < 4.78 is 35.6. The number of nitrogens with zero attached hydrogens (tertiary/aromatic N) is 2. The summed E-state index contributed by atoms with van der Waals surface area (Å²) in [5, 5.41) is 9.23. The molecule has 0 aliphatic rings. The van der Waals surface area contributed by atoms with Crippen LogP contribution in [0.3, 0.4) is 0 Å². The molecule has 1 heterocycles. The summed E-state index contributed by atoms with van der Waals surface area (Å²) >= 11 is 0. The number of allylic oxidation sites excluding steroid dienone is 1. The summed E-state index contributed by atoms with van der Waals surface area (Å²) in [4.78, 5) is 17.9. The number of ketones is 1. The number of alkyl halides is 3. The number of aryl methyl sites for hydroxylation is 1. The highest BCUT2D eigenvalue weighted by Gasteiger charge is 2.37. The Balaban J connectivity index is 2.99. The van der Waals surface area contributed by atoms with Gasteiger partial charge >= 0.3 is 6.18 Å². The topological polar surface area (TPSA) is 63.1 Å². The van der Waals surface area contributed by atoms with Gasteiger partial charge < -0.3 is 5.11 Å². The third kappa shape index (κ3) is 3.04. The van der Waals surface area contributed by atoms with Gasteiger partial charge in [-0.3, -0.25) is 4.79 Å². The molecule has 0 spiro atoms. The van der Waals surface area contributed by atoms with Crippen LogP contribution in [-0.4, -0.2) is 27.0 Å². The molecule has 0 aliphatic carbocycles. The average Bonchev–Trinajstić information content (AvgIpc) is 2.16. The first-order chi connectivity index (χ1) is 7.30. The second-order valence-electron chi connectivity index (χ2n) is 2.88. The standard InChI is InChI=1S/C9H7F3N2O2/c1-5-13-3-2-6(14-5)7(15)4-8(16)9(10,11)12/h2-4,15H,1H3. The fourth-order valence-electron chi connectivity index (χ4n) is 0.879. The minimum atomic E-state index is -5.00. The third-order valence-electron chi connectivity index (χ3n) is 1.59. The van der Waals surface area contributed by atoms with Crippen molar-refractivity contribution >= 4 is 11.5 Å². The third-order valence-corrected chi connectivity index (χ3v) is 1.59. The van der Waals surface area contributed by atoms with Gasteiger partial charge in [0.15, 0.2) is 0 Å². The lowest BCUT2D eigenvalue weighted by Crippen LogP contribution is -2.20. The Bertz CT molecular complexity index is 441. The van der Waals surface area contributed by atoms with Crippen LogP contribution >= 0.6 is 0 Å². The number of aliphatic hydroxyl groups excluding tert-OH is 1. The first-order valence-corrected chi connectivity index (χ1v) is 4.12. The van der Waals surface area contributed by atoms with Crippen LogP contribution in [0.15, 0.2) is 18.3 Å². The van der Waals surface area contributed by atoms with E-state index in [4.69, 9.17) is 0 Å². The van der Waals surface area contributed by atoms with Crippen LogP contribution in [0.5, 0.6) is 0 Å². The highest BCUT2D eigenvalue weighted by Crippen LogP contribution is 2.18. The predicted octanol–water partition coefficient (Wildman–Crippen LogP) is 1.82. The van der Waals surface area contributed by atoms with Gasteiger partial charge in [-0.05, 0) is 13.0 Å². The number of rotatable bonds is 2. The number of halogens is 3. The molecule has 16 heavy (non-hydrogen) atoms. The van der Waals surface area contributed by atoms with Gasteiger partial charge in [-0.2, -0.15) is 13.2 Å². The normalized spacial score (nSPS) is 12.6. The van der Waals surface area contributed by atoms with Gasteiger partial charge in [0, 0.05) is 12.3 Å². The van der Waals surface area contributed by atoms with Crippen LogP contribution < -0.4 is 0 Å². The molecule has 0 amide bonds. The van der Waals surface area contributed by atoms with Crippen LogP contribution in [0.1, 0.15) is 11.5 Å². The van der Waals surface area contributed by atoms with Crippen molar-refractivity contribution in [1.29, 1.82) is 0 Å². The van der Waals surface area contributed by atoms with Gasteiger partial charge in [-0.15, -0.1) is 0 Å². The molecule has 1 aromatic rings. The molecule has 0 atom stereocenters. The van der Waals surface area contributed by atoms with E-state index in [2.05, 4.69) is 9.97 Å². The van der Waals surface area contributed by atoms with Gasteiger partial charge in [0.2, 0.25) is 0 Å². The van der Waals surface area contributed by atoms with Crippen molar-refractivity contribution in [2.75, 3.05) is 0 Å². The molecular weight excluding hydrogens is 225 g/mol. The molecule has 86 valence electrons. The van der Waals surface area contributed by atoms with E-state index in [0.29, 0.717) is 0 Å². The number of carbonyl (C=O) groups excluding carboxylic acids is 1. The fourth-order valence-corrected chi connectivity index (χ4v) is 0.879. The Labute approximate surface area is 88.5 Å². The average molecular weight is 232 g/mol. The van der Waals surface area contributed by atoms with Crippen molar-refractivity contribution in [3.05, 3.63) is 29.9 Å². The molecule has 0 aliphatic heterocycles. The lowest BCUT2D eigenvalue weighted by molar-refractivity contribution is -0.165.